The molecule has 1 saturated carbocycles. The Kier molecular flexibility index (Phi) is 3.31. The highest BCUT2D eigenvalue weighted by molar-refractivity contribution is 5.82. The number of benzene rings is 1. The van der Waals surface area contributed by atoms with Gasteiger partial charge in [-0.2, -0.15) is 0 Å². The summed E-state index contributed by atoms with van der Waals surface area (Å²) in [7, 11) is 0. The van der Waals surface area contributed by atoms with Gasteiger partial charge in [-0.15, -0.1) is 0 Å². The maximum atomic E-state index is 11.4. The van der Waals surface area contributed by atoms with E-state index in [1.165, 1.54) is 37.7 Å². The second-order valence-electron chi connectivity index (χ2n) is 5.84. The highest BCUT2D eigenvalue weighted by Crippen LogP contribution is 2.36. The molecule has 0 aromatic heterocycles. The summed E-state index contributed by atoms with van der Waals surface area (Å²) in [5.41, 5.74) is 1.44. The lowest BCUT2D eigenvalue weighted by Gasteiger charge is -2.38. The summed E-state index contributed by atoms with van der Waals surface area (Å²) < 4.78 is 5.12. The molecule has 1 heterocycles. The lowest BCUT2D eigenvalue weighted by molar-refractivity contribution is -0.163. The minimum atomic E-state index is -0.801. The zero-order chi connectivity index (χ0) is 13.3. The minimum absolute atomic E-state index is 0.297. The van der Waals surface area contributed by atoms with Gasteiger partial charge in [-0.25, -0.2) is 0 Å². The zero-order valence-electron chi connectivity index (χ0n) is 11.1. The van der Waals surface area contributed by atoms with Crippen molar-refractivity contribution in [2.45, 2.75) is 43.4 Å². The van der Waals surface area contributed by atoms with Gasteiger partial charge in [0.2, 0.25) is 0 Å². The molecule has 1 aromatic carbocycles. The fourth-order valence-corrected chi connectivity index (χ4v) is 3.23. The lowest BCUT2D eigenvalue weighted by Crippen LogP contribution is -2.53. The Labute approximate surface area is 113 Å². The van der Waals surface area contributed by atoms with E-state index in [4.69, 9.17) is 4.74 Å². The minimum Gasteiger partial charge on any atom is -0.480 e. The van der Waals surface area contributed by atoms with Crippen molar-refractivity contribution < 1.29 is 14.6 Å². The van der Waals surface area contributed by atoms with E-state index in [0.717, 1.165) is 5.56 Å². The van der Waals surface area contributed by atoms with Gasteiger partial charge < -0.3 is 9.84 Å². The average molecular weight is 260 g/mol. The third-order valence-electron chi connectivity index (χ3n) is 4.65. The van der Waals surface area contributed by atoms with Crippen LogP contribution in [0.3, 0.4) is 0 Å². The molecule has 1 N–H and O–H groups in total. The molecule has 3 rings (SSSR count). The summed E-state index contributed by atoms with van der Waals surface area (Å²) in [6, 6.07) is 8.21. The Balaban J connectivity index is 1.80. The lowest BCUT2D eigenvalue weighted by atomic mass is 9.77. The van der Waals surface area contributed by atoms with Gasteiger partial charge in [-0.3, -0.25) is 4.79 Å². The molecule has 3 nitrogen and oxygen atoms in total. The number of carboxylic acids is 1. The van der Waals surface area contributed by atoms with Crippen molar-refractivity contribution >= 4 is 5.97 Å². The third kappa shape index (κ3) is 2.16. The smallest absolute Gasteiger partial charge is 0.318 e. The topological polar surface area (TPSA) is 46.5 Å². The van der Waals surface area contributed by atoms with Crippen LogP contribution in [0.1, 0.15) is 49.1 Å². The van der Waals surface area contributed by atoms with Crippen molar-refractivity contribution in [3.05, 3.63) is 35.4 Å². The standard InChI is InChI=1S/C16H20O3/c17-15(18)16(10-19-11-16)14-8-6-13(7-9-14)12-4-2-1-3-5-12/h6-9,12H,1-5,10-11H2,(H,17,18). The summed E-state index contributed by atoms with van der Waals surface area (Å²) in [5.74, 6) is -0.106. The Bertz CT molecular complexity index is 453. The van der Waals surface area contributed by atoms with Crippen LogP contribution in [0.25, 0.3) is 0 Å². The van der Waals surface area contributed by atoms with Crippen molar-refractivity contribution in [2.75, 3.05) is 13.2 Å². The van der Waals surface area contributed by atoms with Crippen LogP contribution >= 0.6 is 0 Å². The molecule has 2 fully saturated rings. The number of carboxylic acid groups (broad SMARTS) is 1. The van der Waals surface area contributed by atoms with Crippen LogP contribution < -0.4 is 0 Å². The van der Waals surface area contributed by atoms with E-state index in [2.05, 4.69) is 12.1 Å². The van der Waals surface area contributed by atoms with Gasteiger partial charge in [-0.1, -0.05) is 43.5 Å². The van der Waals surface area contributed by atoms with E-state index in [-0.39, 0.29) is 0 Å². The van der Waals surface area contributed by atoms with Crippen LogP contribution in [-0.4, -0.2) is 24.3 Å². The molecule has 0 atom stereocenters. The highest BCUT2D eigenvalue weighted by atomic mass is 16.5. The molecule has 1 saturated heterocycles. The molecule has 0 radical (unpaired) electrons. The van der Waals surface area contributed by atoms with Gasteiger partial charge in [-0.05, 0) is 29.9 Å². The first-order valence-electron chi connectivity index (χ1n) is 7.14. The van der Waals surface area contributed by atoms with Crippen LogP contribution in [-0.2, 0) is 14.9 Å². The molecule has 1 aliphatic carbocycles. The molecule has 0 amide bonds. The molecular formula is C16H20O3. The summed E-state index contributed by atoms with van der Waals surface area (Å²) in [6.45, 7) is 0.593. The van der Waals surface area contributed by atoms with Gasteiger partial charge in [0.15, 0.2) is 0 Å². The average Bonchev–Trinajstić information content (AvgIpc) is 2.39. The molecule has 0 unspecified atom stereocenters. The molecule has 1 aromatic rings. The normalized spacial score (nSPS) is 22.7. The highest BCUT2D eigenvalue weighted by Gasteiger charge is 2.47. The molecule has 102 valence electrons. The largest absolute Gasteiger partial charge is 0.480 e. The van der Waals surface area contributed by atoms with Crippen LogP contribution in [0.15, 0.2) is 24.3 Å². The van der Waals surface area contributed by atoms with Crippen LogP contribution in [0.2, 0.25) is 0 Å². The van der Waals surface area contributed by atoms with Gasteiger partial charge in [0, 0.05) is 0 Å². The molecule has 1 aliphatic heterocycles. The molecule has 3 heteroatoms. The molecule has 0 bridgehead atoms. The van der Waals surface area contributed by atoms with Crippen molar-refractivity contribution in [2.24, 2.45) is 0 Å². The van der Waals surface area contributed by atoms with E-state index in [1.807, 2.05) is 12.1 Å². The molecule has 2 aliphatic rings. The first-order valence-corrected chi connectivity index (χ1v) is 7.14. The maximum absolute atomic E-state index is 11.4. The monoisotopic (exact) mass is 260 g/mol. The van der Waals surface area contributed by atoms with Gasteiger partial charge >= 0.3 is 5.97 Å². The van der Waals surface area contributed by atoms with Gasteiger partial charge in [0.25, 0.3) is 0 Å². The molecule has 19 heavy (non-hydrogen) atoms. The Hall–Kier alpha value is -1.35. The number of ether oxygens (including phenoxy) is 1. The van der Waals surface area contributed by atoms with Crippen molar-refractivity contribution in [1.29, 1.82) is 0 Å². The first kappa shape index (κ1) is 12.7. The van der Waals surface area contributed by atoms with Crippen molar-refractivity contribution in [1.82, 2.24) is 0 Å². The summed E-state index contributed by atoms with van der Waals surface area (Å²) >= 11 is 0. The zero-order valence-corrected chi connectivity index (χ0v) is 11.1. The van der Waals surface area contributed by atoms with Crippen LogP contribution in [0.5, 0.6) is 0 Å². The summed E-state index contributed by atoms with van der Waals surface area (Å²) in [4.78, 5) is 11.4. The fourth-order valence-electron chi connectivity index (χ4n) is 3.23. The van der Waals surface area contributed by atoms with Crippen LogP contribution in [0.4, 0.5) is 0 Å². The number of hydrogen-bond acceptors (Lipinski definition) is 2. The third-order valence-corrected chi connectivity index (χ3v) is 4.65. The number of aliphatic carboxylic acids is 1. The van der Waals surface area contributed by atoms with Crippen LogP contribution in [0, 0.1) is 0 Å². The van der Waals surface area contributed by atoms with E-state index >= 15 is 0 Å². The first-order chi connectivity index (χ1) is 9.22. The van der Waals surface area contributed by atoms with Crippen molar-refractivity contribution in [3.63, 3.8) is 0 Å². The second kappa shape index (κ2) is 4.97. The van der Waals surface area contributed by atoms with Gasteiger partial charge in [0.05, 0.1) is 13.2 Å². The van der Waals surface area contributed by atoms with Gasteiger partial charge in [0.1, 0.15) is 5.41 Å². The Morgan fingerprint density at radius 1 is 1.11 bits per heavy atom. The van der Waals surface area contributed by atoms with E-state index in [0.29, 0.717) is 19.1 Å². The second-order valence-corrected chi connectivity index (χ2v) is 5.84. The predicted octanol–water partition coefficient (Wildman–Crippen LogP) is 3.09. The molecule has 0 spiro atoms. The molecular weight excluding hydrogens is 240 g/mol. The van der Waals surface area contributed by atoms with Crippen molar-refractivity contribution in [3.8, 4) is 0 Å². The number of rotatable bonds is 3. The summed E-state index contributed by atoms with van der Waals surface area (Å²) in [5, 5.41) is 9.38. The Morgan fingerprint density at radius 3 is 2.21 bits per heavy atom. The van der Waals surface area contributed by atoms with E-state index in [1.54, 1.807) is 0 Å². The predicted molar refractivity (Wildman–Crippen MR) is 72.4 cm³/mol. The fraction of sp³-hybridized carbons (Fsp3) is 0.562. The SMILES string of the molecule is O=C(O)C1(c2ccc(C3CCCCC3)cc2)COC1. The van der Waals surface area contributed by atoms with E-state index < -0.39 is 11.4 Å². The number of hydrogen-bond donors (Lipinski definition) is 1. The van der Waals surface area contributed by atoms with E-state index in [9.17, 15) is 9.90 Å². The maximum Gasteiger partial charge on any atom is 0.318 e. The summed E-state index contributed by atoms with van der Waals surface area (Å²) in [6.07, 6.45) is 6.53. The quantitative estimate of drug-likeness (QED) is 0.908. The number of carbonyl (C=O) groups is 1. The Morgan fingerprint density at radius 2 is 1.74 bits per heavy atom.